The molecule has 0 radical (unpaired) electrons. The van der Waals surface area contributed by atoms with Crippen LogP contribution in [-0.2, 0) is 14.5 Å². The highest BCUT2D eigenvalue weighted by Gasteiger charge is 2.54. The van der Waals surface area contributed by atoms with Crippen LogP contribution in [-0.4, -0.2) is 67.4 Å². The lowest BCUT2D eigenvalue weighted by Gasteiger charge is -2.60. The van der Waals surface area contributed by atoms with Crippen LogP contribution < -0.4 is 0 Å². The molecular weight excluding hydrogens is 486 g/mol. The van der Waals surface area contributed by atoms with Crippen molar-refractivity contribution >= 4 is 5.91 Å². The fraction of sp³-hybridized carbons (Fsp3) is 0.909. The number of piperidine rings is 2. The summed E-state index contributed by atoms with van der Waals surface area (Å²) in [6.07, 6.45) is 18.0. The molecule has 2 saturated heterocycles. The first kappa shape index (κ1) is 31.0. The standard InChI is InChI=1S/C33H59N3O3/c1-10-29(37)34(25-21-30(2,3)35(31(4,5)22-25)38-27-17-13-11-14-18-27)26-23-32(6,7)36(33(8,9)24-26)39-28-19-15-12-16-20-28/h10,25-28H,1,11-24H2,2-9H3. The average Bonchev–Trinajstić information content (AvgIpc) is 2.84. The molecule has 6 heteroatoms. The van der Waals surface area contributed by atoms with E-state index in [2.05, 4.69) is 77.0 Å². The summed E-state index contributed by atoms with van der Waals surface area (Å²) < 4.78 is 0. The van der Waals surface area contributed by atoms with E-state index in [9.17, 15) is 4.79 Å². The summed E-state index contributed by atoms with van der Waals surface area (Å²) in [5.41, 5.74) is -0.725. The first-order chi connectivity index (χ1) is 18.2. The van der Waals surface area contributed by atoms with Gasteiger partial charge in [0.2, 0.25) is 5.91 Å². The van der Waals surface area contributed by atoms with Crippen LogP contribution in [0.15, 0.2) is 12.7 Å². The van der Waals surface area contributed by atoms with Gasteiger partial charge in [0, 0.05) is 34.2 Å². The Labute approximate surface area is 239 Å². The van der Waals surface area contributed by atoms with Gasteiger partial charge in [0.1, 0.15) is 0 Å². The van der Waals surface area contributed by atoms with Crippen molar-refractivity contribution in [1.29, 1.82) is 0 Å². The molecule has 1 amide bonds. The second-order valence-corrected chi connectivity index (χ2v) is 15.6. The van der Waals surface area contributed by atoms with Gasteiger partial charge in [0.25, 0.3) is 0 Å². The molecule has 0 unspecified atom stereocenters. The predicted octanol–water partition coefficient (Wildman–Crippen LogP) is 7.57. The number of rotatable bonds is 7. The van der Waals surface area contributed by atoms with E-state index in [-0.39, 0.29) is 40.1 Å². The predicted molar refractivity (Wildman–Crippen MR) is 159 cm³/mol. The molecule has 39 heavy (non-hydrogen) atoms. The molecule has 2 heterocycles. The van der Waals surface area contributed by atoms with Crippen LogP contribution in [0.25, 0.3) is 0 Å². The summed E-state index contributed by atoms with van der Waals surface area (Å²) in [6.45, 7) is 22.3. The molecule has 0 aromatic heterocycles. The molecule has 0 N–H and O–H groups in total. The summed E-state index contributed by atoms with van der Waals surface area (Å²) in [5.74, 6) is 0.0616. The van der Waals surface area contributed by atoms with E-state index in [0.717, 1.165) is 51.4 Å². The molecule has 0 aromatic rings. The van der Waals surface area contributed by atoms with Crippen molar-refractivity contribution in [3.63, 3.8) is 0 Å². The first-order valence-corrected chi connectivity index (χ1v) is 16.1. The zero-order valence-electron chi connectivity index (χ0n) is 26.6. The summed E-state index contributed by atoms with van der Waals surface area (Å²) in [6, 6.07) is 0.267. The number of hydroxylamine groups is 4. The maximum absolute atomic E-state index is 13.7. The van der Waals surface area contributed by atoms with E-state index < -0.39 is 0 Å². The lowest BCUT2D eigenvalue weighted by Crippen LogP contribution is -2.69. The van der Waals surface area contributed by atoms with Crippen LogP contribution in [0.1, 0.15) is 145 Å². The Morgan fingerprint density at radius 3 is 1.23 bits per heavy atom. The van der Waals surface area contributed by atoms with Gasteiger partial charge < -0.3 is 4.90 Å². The van der Waals surface area contributed by atoms with Gasteiger partial charge in [0.05, 0.1) is 12.2 Å². The molecule has 0 aromatic carbocycles. The van der Waals surface area contributed by atoms with Crippen LogP contribution in [0.4, 0.5) is 0 Å². The Morgan fingerprint density at radius 1 is 0.641 bits per heavy atom. The van der Waals surface area contributed by atoms with Crippen molar-refractivity contribution in [2.24, 2.45) is 0 Å². The van der Waals surface area contributed by atoms with E-state index in [1.807, 2.05) is 0 Å². The second-order valence-electron chi connectivity index (χ2n) is 15.6. The van der Waals surface area contributed by atoms with E-state index in [4.69, 9.17) is 9.68 Å². The van der Waals surface area contributed by atoms with E-state index in [1.165, 1.54) is 44.6 Å². The summed E-state index contributed by atoms with van der Waals surface area (Å²) >= 11 is 0. The molecule has 0 bridgehead atoms. The molecule has 224 valence electrons. The van der Waals surface area contributed by atoms with Crippen molar-refractivity contribution in [3.8, 4) is 0 Å². The molecule has 4 rings (SSSR count). The number of hydrogen-bond acceptors (Lipinski definition) is 5. The molecule has 4 aliphatic rings. The molecule has 4 fully saturated rings. The number of carbonyl (C=O) groups is 1. The lowest BCUT2D eigenvalue weighted by molar-refractivity contribution is -0.321. The number of amides is 1. The van der Waals surface area contributed by atoms with E-state index in [1.54, 1.807) is 0 Å². The molecule has 0 atom stereocenters. The number of hydrogen-bond donors (Lipinski definition) is 0. The third-order valence-electron chi connectivity index (χ3n) is 9.97. The Kier molecular flexibility index (Phi) is 9.33. The Bertz CT molecular complexity index is 758. The van der Waals surface area contributed by atoms with Crippen molar-refractivity contribution < 1.29 is 14.5 Å². The molecular formula is C33H59N3O3. The van der Waals surface area contributed by atoms with E-state index in [0.29, 0.717) is 12.2 Å². The maximum atomic E-state index is 13.7. The average molecular weight is 546 g/mol. The van der Waals surface area contributed by atoms with Crippen LogP contribution in [0, 0.1) is 0 Å². The van der Waals surface area contributed by atoms with Crippen LogP contribution in [0.5, 0.6) is 0 Å². The number of nitrogens with zero attached hydrogens (tertiary/aromatic N) is 3. The van der Waals surface area contributed by atoms with Gasteiger partial charge >= 0.3 is 0 Å². The minimum absolute atomic E-state index is 0.0616. The normalized spacial score (nSPS) is 29.2. The summed E-state index contributed by atoms with van der Waals surface area (Å²) in [4.78, 5) is 29.4. The molecule has 6 nitrogen and oxygen atoms in total. The molecule has 2 aliphatic heterocycles. The SMILES string of the molecule is C=CC(=O)N(C1CC(C)(C)N(OC2CCCCC2)C(C)(C)C1)C1CC(C)(C)N(OC2CCCCC2)C(C)(C)C1. The van der Waals surface area contributed by atoms with Crippen LogP contribution >= 0.6 is 0 Å². The second kappa shape index (κ2) is 11.7. The number of carbonyl (C=O) groups excluding carboxylic acids is 1. The van der Waals surface area contributed by atoms with Crippen molar-refractivity contribution in [2.45, 2.75) is 192 Å². The highest BCUT2D eigenvalue weighted by molar-refractivity contribution is 5.87. The zero-order chi connectivity index (χ0) is 28.6. The fourth-order valence-electron chi connectivity index (χ4n) is 8.79. The van der Waals surface area contributed by atoms with Crippen molar-refractivity contribution in [2.75, 3.05) is 0 Å². The highest BCUT2D eigenvalue weighted by atomic mass is 16.7. The van der Waals surface area contributed by atoms with Gasteiger partial charge in [-0.05, 0) is 113 Å². The van der Waals surface area contributed by atoms with Gasteiger partial charge in [-0.25, -0.2) is 0 Å². The van der Waals surface area contributed by atoms with Gasteiger partial charge in [0.15, 0.2) is 0 Å². The zero-order valence-corrected chi connectivity index (χ0v) is 26.6. The first-order valence-electron chi connectivity index (χ1n) is 16.1. The molecule has 2 aliphatic carbocycles. The lowest BCUT2D eigenvalue weighted by atomic mass is 9.74. The van der Waals surface area contributed by atoms with Gasteiger partial charge in [-0.15, -0.1) is 0 Å². The largest absolute Gasteiger partial charge is 0.333 e. The topological polar surface area (TPSA) is 45.2 Å². The smallest absolute Gasteiger partial charge is 0.246 e. The van der Waals surface area contributed by atoms with E-state index >= 15 is 0 Å². The van der Waals surface area contributed by atoms with Gasteiger partial charge in [-0.3, -0.25) is 14.5 Å². The fourth-order valence-corrected chi connectivity index (χ4v) is 8.79. The molecule has 0 spiro atoms. The minimum atomic E-state index is -0.181. The Balaban J connectivity index is 1.55. The third-order valence-corrected chi connectivity index (χ3v) is 9.97. The highest BCUT2D eigenvalue weighted by Crippen LogP contribution is 2.46. The van der Waals surface area contributed by atoms with Crippen LogP contribution in [0.3, 0.4) is 0 Å². The summed E-state index contributed by atoms with van der Waals surface area (Å²) in [7, 11) is 0. The van der Waals surface area contributed by atoms with Gasteiger partial charge in [-0.1, -0.05) is 45.1 Å². The van der Waals surface area contributed by atoms with Crippen molar-refractivity contribution in [3.05, 3.63) is 12.7 Å². The Morgan fingerprint density at radius 2 is 0.949 bits per heavy atom. The summed E-state index contributed by atoms with van der Waals surface area (Å²) in [5, 5.41) is 4.61. The quantitative estimate of drug-likeness (QED) is 0.309. The van der Waals surface area contributed by atoms with Crippen LogP contribution in [0.2, 0.25) is 0 Å². The third kappa shape index (κ3) is 6.93. The minimum Gasteiger partial charge on any atom is -0.333 e. The maximum Gasteiger partial charge on any atom is 0.246 e. The monoisotopic (exact) mass is 545 g/mol. The Hall–Kier alpha value is -0.950. The van der Waals surface area contributed by atoms with Crippen molar-refractivity contribution in [1.82, 2.24) is 15.0 Å². The molecule has 2 saturated carbocycles. The van der Waals surface area contributed by atoms with Gasteiger partial charge in [-0.2, -0.15) is 10.1 Å².